The zero-order valence-corrected chi connectivity index (χ0v) is 30.6. The van der Waals surface area contributed by atoms with Crippen molar-refractivity contribution >= 4 is 47.1 Å². The van der Waals surface area contributed by atoms with E-state index in [2.05, 4.69) is 90.7 Å². The molecule has 0 spiro atoms. The summed E-state index contributed by atoms with van der Waals surface area (Å²) in [6, 6.07) is 21.3. The van der Waals surface area contributed by atoms with E-state index in [1.807, 2.05) is 25.1 Å². The Hall–Kier alpha value is -3.83. The minimum atomic E-state index is -0.980. The van der Waals surface area contributed by atoms with Crippen LogP contribution in [0, 0.1) is 13.8 Å². The van der Waals surface area contributed by atoms with Crippen molar-refractivity contribution in [3.63, 3.8) is 0 Å². The van der Waals surface area contributed by atoms with Gasteiger partial charge >= 0.3 is 18.0 Å². The molecule has 2 heterocycles. The maximum atomic E-state index is 14.0. The molecule has 4 amide bonds. The molecule has 2 aliphatic heterocycles. The van der Waals surface area contributed by atoms with Crippen molar-refractivity contribution in [2.24, 2.45) is 0 Å². The highest BCUT2D eigenvalue weighted by molar-refractivity contribution is 7.27. The molecule has 2 aliphatic rings. The van der Waals surface area contributed by atoms with E-state index in [1.54, 1.807) is 11.9 Å². The van der Waals surface area contributed by atoms with Crippen LogP contribution in [-0.2, 0) is 14.9 Å². The van der Waals surface area contributed by atoms with Gasteiger partial charge in [-0.05, 0) is 97.7 Å². The Bertz CT molecular complexity index is 1670. The lowest BCUT2D eigenvalue weighted by Gasteiger charge is -2.43. The summed E-state index contributed by atoms with van der Waals surface area (Å²) in [5, 5.41) is 4.75. The summed E-state index contributed by atoms with van der Waals surface area (Å²) >= 11 is 0. The van der Waals surface area contributed by atoms with Gasteiger partial charge in [-0.2, -0.15) is 0 Å². The molecule has 10 heteroatoms. The first kappa shape index (κ1) is 35.5. The average molecular weight is 685 g/mol. The quantitative estimate of drug-likeness (QED) is 0.238. The van der Waals surface area contributed by atoms with Crippen LogP contribution in [0.15, 0.2) is 90.7 Å². The second kappa shape index (κ2) is 15.2. The number of hydrogen-bond acceptors (Lipinski definition) is 5. The Morgan fingerprint density at radius 1 is 1.02 bits per heavy atom. The molecule has 3 aromatic rings. The molecular formula is C38H46N4O4P2. The van der Waals surface area contributed by atoms with Gasteiger partial charge in [-0.25, -0.2) is 19.3 Å². The highest BCUT2D eigenvalue weighted by Crippen LogP contribution is 2.42. The Morgan fingerprint density at radius 2 is 1.65 bits per heavy atom. The van der Waals surface area contributed by atoms with E-state index < -0.39 is 24.1 Å². The third-order valence-corrected chi connectivity index (χ3v) is 10.8. The predicted molar refractivity (Wildman–Crippen MR) is 199 cm³/mol. The number of methoxy groups -OCH3 is 1. The number of aryl methyl sites for hydroxylation is 2. The van der Waals surface area contributed by atoms with Crippen molar-refractivity contribution in [3.8, 4) is 0 Å². The summed E-state index contributed by atoms with van der Waals surface area (Å²) < 4.78 is 5.11. The summed E-state index contributed by atoms with van der Waals surface area (Å²) in [5.74, 6) is -0.641. The van der Waals surface area contributed by atoms with Crippen molar-refractivity contribution in [2.45, 2.75) is 44.6 Å². The molecule has 0 saturated carbocycles. The number of rotatable bonds is 9. The SMILES string of the molecule is C=CC1=C(C(=O)OC)C(c2ccc(C)c(P)c2)N(C(=O)N(C)CCCN2CCC(c3ccc(C)cc3)(c3ccc(P)cc3)CC2)C(=O)N1. The standard InChI is InChI=1S/C38H46N4O4P2/c1-6-31-33(35(43)46-5)34(27-11-10-26(3)32(48)24-27)42(36(44)39-31)37(45)40(4)20-7-21-41-22-18-38(19-23-41,28-12-8-25(2)9-13-28)29-14-16-30(47)17-15-29/h6,8-17,24,34H,1,7,18-23,47-48H2,2-5H3,(H,39,44). The third kappa shape index (κ3) is 7.27. The molecule has 3 unspecified atom stereocenters. The van der Waals surface area contributed by atoms with Crippen molar-refractivity contribution in [3.05, 3.63) is 118 Å². The Morgan fingerprint density at radius 3 is 2.23 bits per heavy atom. The number of amides is 4. The molecule has 1 fully saturated rings. The molecule has 252 valence electrons. The van der Waals surface area contributed by atoms with Crippen LogP contribution >= 0.6 is 18.5 Å². The van der Waals surface area contributed by atoms with Crippen LogP contribution in [-0.4, -0.2) is 73.1 Å². The Balaban J connectivity index is 1.29. The van der Waals surface area contributed by atoms with Gasteiger partial charge in [0.1, 0.15) is 6.04 Å². The first-order valence-electron chi connectivity index (χ1n) is 16.3. The van der Waals surface area contributed by atoms with Crippen LogP contribution in [0.5, 0.6) is 0 Å². The van der Waals surface area contributed by atoms with Crippen molar-refractivity contribution in [2.75, 3.05) is 40.3 Å². The van der Waals surface area contributed by atoms with Gasteiger partial charge < -0.3 is 19.9 Å². The number of piperidine rings is 1. The van der Waals surface area contributed by atoms with Crippen LogP contribution in [0.4, 0.5) is 9.59 Å². The number of esters is 1. The number of hydrogen-bond donors (Lipinski definition) is 1. The van der Waals surface area contributed by atoms with E-state index in [9.17, 15) is 14.4 Å². The number of carbonyl (C=O) groups is 3. The summed E-state index contributed by atoms with van der Waals surface area (Å²) in [4.78, 5) is 45.7. The highest BCUT2D eigenvalue weighted by atomic mass is 31.0. The summed E-state index contributed by atoms with van der Waals surface area (Å²) in [7, 11) is 8.42. The lowest BCUT2D eigenvalue weighted by molar-refractivity contribution is -0.136. The monoisotopic (exact) mass is 684 g/mol. The first-order valence-corrected chi connectivity index (χ1v) is 17.5. The summed E-state index contributed by atoms with van der Waals surface area (Å²) in [5.41, 5.74) is 5.94. The number of urea groups is 2. The lowest BCUT2D eigenvalue weighted by atomic mass is 9.68. The molecule has 5 rings (SSSR count). The van der Waals surface area contributed by atoms with Crippen molar-refractivity contribution < 1.29 is 19.1 Å². The number of allylic oxidation sites excluding steroid dienone is 1. The van der Waals surface area contributed by atoms with E-state index in [1.165, 1.54) is 35.2 Å². The van der Waals surface area contributed by atoms with Gasteiger partial charge in [-0.1, -0.05) is 72.8 Å². The second-order valence-electron chi connectivity index (χ2n) is 12.8. The molecule has 0 aromatic heterocycles. The molecule has 0 aliphatic carbocycles. The molecule has 1 saturated heterocycles. The number of nitrogens with zero attached hydrogens (tertiary/aromatic N) is 3. The molecule has 3 atom stereocenters. The number of carbonyl (C=O) groups excluding carboxylic acids is 3. The predicted octanol–water partition coefficient (Wildman–Crippen LogP) is 5.51. The Kier molecular flexibility index (Phi) is 11.2. The number of ether oxygens (including phenoxy) is 1. The fraction of sp³-hybridized carbons (Fsp3) is 0.342. The highest BCUT2D eigenvalue weighted by Gasteiger charge is 2.43. The number of likely N-dealkylation sites (tertiary alicyclic amines) is 1. The summed E-state index contributed by atoms with van der Waals surface area (Å²) in [6.45, 7) is 11.0. The van der Waals surface area contributed by atoms with Gasteiger partial charge in [0.15, 0.2) is 0 Å². The molecule has 8 nitrogen and oxygen atoms in total. The van der Waals surface area contributed by atoms with E-state index in [4.69, 9.17) is 4.74 Å². The number of nitrogens with one attached hydrogen (secondary N) is 1. The first-order chi connectivity index (χ1) is 23.0. The normalized spacial score (nSPS) is 17.9. The topological polar surface area (TPSA) is 82.2 Å². The molecule has 0 bridgehead atoms. The van der Waals surface area contributed by atoms with Gasteiger partial charge in [0.2, 0.25) is 0 Å². The zero-order chi connectivity index (χ0) is 34.6. The molecule has 48 heavy (non-hydrogen) atoms. The van der Waals surface area contributed by atoms with E-state index in [0.29, 0.717) is 12.1 Å². The molecule has 3 aromatic carbocycles. The second-order valence-corrected chi connectivity index (χ2v) is 14.1. The molecule has 1 N–H and O–H groups in total. The maximum Gasteiger partial charge on any atom is 0.338 e. The number of imide groups is 1. The van der Waals surface area contributed by atoms with Crippen LogP contribution in [0.1, 0.15) is 53.1 Å². The van der Waals surface area contributed by atoms with Gasteiger partial charge in [-0.15, -0.1) is 18.5 Å². The minimum Gasteiger partial charge on any atom is -0.466 e. The van der Waals surface area contributed by atoms with Crippen LogP contribution in [0.25, 0.3) is 0 Å². The van der Waals surface area contributed by atoms with Crippen LogP contribution < -0.4 is 15.9 Å². The number of benzene rings is 3. The summed E-state index contributed by atoms with van der Waals surface area (Å²) in [6.07, 6.45) is 4.14. The smallest absolute Gasteiger partial charge is 0.338 e. The fourth-order valence-electron chi connectivity index (χ4n) is 6.86. The van der Waals surface area contributed by atoms with Gasteiger partial charge in [0.25, 0.3) is 0 Å². The lowest BCUT2D eigenvalue weighted by Crippen LogP contribution is -2.55. The molecule has 0 radical (unpaired) electrons. The van der Waals surface area contributed by atoms with Gasteiger partial charge in [0, 0.05) is 19.0 Å². The minimum absolute atomic E-state index is 0.0477. The van der Waals surface area contributed by atoms with E-state index in [-0.39, 0.29) is 16.7 Å². The van der Waals surface area contributed by atoms with Gasteiger partial charge in [0.05, 0.1) is 18.4 Å². The Labute approximate surface area is 289 Å². The average Bonchev–Trinajstić information content (AvgIpc) is 3.09. The van der Waals surface area contributed by atoms with Gasteiger partial charge in [-0.3, -0.25) is 0 Å². The fourth-order valence-corrected chi connectivity index (χ4v) is 7.34. The van der Waals surface area contributed by atoms with Crippen LogP contribution in [0.3, 0.4) is 0 Å². The van der Waals surface area contributed by atoms with E-state index in [0.717, 1.165) is 54.7 Å². The molecular weight excluding hydrogens is 638 g/mol. The van der Waals surface area contributed by atoms with Crippen molar-refractivity contribution in [1.82, 2.24) is 20.0 Å². The largest absolute Gasteiger partial charge is 0.466 e. The third-order valence-electron chi connectivity index (χ3n) is 9.79. The van der Waals surface area contributed by atoms with Crippen LogP contribution in [0.2, 0.25) is 0 Å². The maximum absolute atomic E-state index is 14.0. The van der Waals surface area contributed by atoms with Crippen molar-refractivity contribution in [1.29, 1.82) is 0 Å². The van der Waals surface area contributed by atoms with E-state index >= 15 is 0 Å². The zero-order valence-electron chi connectivity index (χ0n) is 28.3.